The number of ether oxygens (including phenoxy) is 1. The number of halogens is 1. The number of hydrogen-bond acceptors (Lipinski definition) is 6. The lowest BCUT2D eigenvalue weighted by Crippen LogP contribution is -2.31. The normalized spacial score (nSPS) is 10.6. The summed E-state index contributed by atoms with van der Waals surface area (Å²) >= 11 is 1.19. The zero-order valence-corrected chi connectivity index (χ0v) is 16.1. The van der Waals surface area contributed by atoms with Gasteiger partial charge in [0.25, 0.3) is 5.91 Å². The van der Waals surface area contributed by atoms with E-state index in [9.17, 15) is 14.0 Å². The summed E-state index contributed by atoms with van der Waals surface area (Å²) in [5.41, 5.74) is 1.40. The molecule has 1 aromatic carbocycles. The maximum Gasteiger partial charge on any atom is 0.348 e. The van der Waals surface area contributed by atoms with E-state index in [0.717, 1.165) is 15.9 Å². The van der Waals surface area contributed by atoms with Crippen molar-refractivity contribution in [2.45, 2.75) is 13.3 Å². The molecule has 0 saturated carbocycles. The zero-order valence-electron chi connectivity index (χ0n) is 15.3. The van der Waals surface area contributed by atoms with E-state index in [1.54, 1.807) is 29.9 Å². The number of esters is 1. The molecule has 0 bridgehead atoms. The van der Waals surface area contributed by atoms with Crippen molar-refractivity contribution in [3.8, 4) is 11.8 Å². The lowest BCUT2D eigenvalue weighted by atomic mass is 10.3. The van der Waals surface area contributed by atoms with E-state index in [0.29, 0.717) is 10.6 Å². The topological polar surface area (TPSA) is 88.2 Å². The van der Waals surface area contributed by atoms with E-state index in [-0.39, 0.29) is 24.7 Å². The average Bonchev–Trinajstić information content (AvgIpc) is 3.25. The molecule has 144 valence electrons. The largest absolute Gasteiger partial charge is 0.451 e. The monoisotopic (exact) mass is 400 g/mol. The second kappa shape index (κ2) is 8.19. The van der Waals surface area contributed by atoms with E-state index in [2.05, 4.69) is 5.10 Å². The number of likely N-dealkylation sites (N-methyl/N-ethyl adjacent to an activating group) is 1. The predicted molar refractivity (Wildman–Crippen MR) is 102 cm³/mol. The summed E-state index contributed by atoms with van der Waals surface area (Å²) in [6.45, 7) is 1.71. The number of nitriles is 1. The summed E-state index contributed by atoms with van der Waals surface area (Å²) in [7, 11) is 1.55. The second-order valence-electron chi connectivity index (χ2n) is 6.10. The van der Waals surface area contributed by atoms with Crippen LogP contribution in [-0.2, 0) is 9.53 Å². The smallest absolute Gasteiger partial charge is 0.348 e. The number of amides is 1. The van der Waals surface area contributed by atoms with Crippen LogP contribution in [-0.4, -0.2) is 46.8 Å². The average molecular weight is 400 g/mol. The highest BCUT2D eigenvalue weighted by molar-refractivity contribution is 7.20. The van der Waals surface area contributed by atoms with E-state index >= 15 is 0 Å². The van der Waals surface area contributed by atoms with Gasteiger partial charge in [-0.25, -0.2) is 13.9 Å². The summed E-state index contributed by atoms with van der Waals surface area (Å²) in [6.07, 6.45) is 0.214. The van der Waals surface area contributed by atoms with Gasteiger partial charge in [0.05, 0.1) is 23.9 Å². The van der Waals surface area contributed by atoms with Crippen molar-refractivity contribution in [1.82, 2.24) is 14.7 Å². The van der Waals surface area contributed by atoms with Gasteiger partial charge in [-0.2, -0.15) is 10.4 Å². The molecule has 0 fully saturated rings. The number of aryl methyl sites for hydroxylation is 1. The highest BCUT2D eigenvalue weighted by atomic mass is 32.1. The molecule has 9 heteroatoms. The fraction of sp³-hybridized carbons (Fsp3) is 0.263. The minimum Gasteiger partial charge on any atom is -0.451 e. The molecule has 0 N–H and O–H groups in total. The number of nitrogens with zero attached hydrogens (tertiary/aromatic N) is 4. The summed E-state index contributed by atoms with van der Waals surface area (Å²) in [6, 6.07) is 9.53. The number of carbonyl (C=O) groups is 2. The van der Waals surface area contributed by atoms with Crippen molar-refractivity contribution >= 4 is 33.4 Å². The first-order valence-corrected chi connectivity index (χ1v) is 9.25. The van der Waals surface area contributed by atoms with Gasteiger partial charge in [-0.05, 0) is 37.3 Å². The molecule has 1 amide bonds. The van der Waals surface area contributed by atoms with Crippen LogP contribution in [0.3, 0.4) is 0 Å². The molecule has 0 spiro atoms. The minimum atomic E-state index is -0.603. The Morgan fingerprint density at radius 1 is 1.36 bits per heavy atom. The molecule has 0 aliphatic heterocycles. The Morgan fingerprint density at radius 2 is 2.07 bits per heavy atom. The Labute approximate surface area is 164 Å². The Kier molecular flexibility index (Phi) is 5.70. The zero-order chi connectivity index (χ0) is 20.3. The van der Waals surface area contributed by atoms with E-state index < -0.39 is 12.6 Å². The predicted octanol–water partition coefficient (Wildman–Crippen LogP) is 3.06. The molecule has 2 aromatic heterocycles. The lowest BCUT2D eigenvalue weighted by molar-refractivity contribution is -0.133. The van der Waals surface area contributed by atoms with Gasteiger partial charge in [0, 0.05) is 19.0 Å². The minimum absolute atomic E-state index is 0.214. The van der Waals surface area contributed by atoms with Crippen LogP contribution in [0, 0.1) is 24.1 Å². The maximum absolute atomic E-state index is 13.2. The van der Waals surface area contributed by atoms with Gasteiger partial charge in [-0.3, -0.25) is 4.79 Å². The molecule has 0 atom stereocenters. The van der Waals surface area contributed by atoms with Crippen LogP contribution in [0.5, 0.6) is 0 Å². The molecule has 0 aliphatic carbocycles. The van der Waals surface area contributed by atoms with Crippen LogP contribution in [0.4, 0.5) is 4.39 Å². The van der Waals surface area contributed by atoms with Crippen molar-refractivity contribution in [3.63, 3.8) is 0 Å². The molecular formula is C19H17FN4O3S. The van der Waals surface area contributed by atoms with Crippen LogP contribution in [0.2, 0.25) is 0 Å². The van der Waals surface area contributed by atoms with Crippen molar-refractivity contribution in [2.75, 3.05) is 20.2 Å². The van der Waals surface area contributed by atoms with Gasteiger partial charge < -0.3 is 9.64 Å². The number of aromatic nitrogens is 2. The first-order valence-electron chi connectivity index (χ1n) is 8.44. The number of carbonyl (C=O) groups excluding carboxylic acids is 2. The first kappa shape index (κ1) is 19.5. The molecule has 0 saturated heterocycles. The van der Waals surface area contributed by atoms with Gasteiger partial charge in [0.15, 0.2) is 6.61 Å². The van der Waals surface area contributed by atoms with Gasteiger partial charge in [-0.15, -0.1) is 11.3 Å². The Balaban J connectivity index is 1.76. The van der Waals surface area contributed by atoms with Crippen LogP contribution in [0.1, 0.15) is 21.8 Å². The summed E-state index contributed by atoms with van der Waals surface area (Å²) in [4.78, 5) is 26.7. The van der Waals surface area contributed by atoms with E-state index in [4.69, 9.17) is 10.00 Å². The van der Waals surface area contributed by atoms with Crippen LogP contribution >= 0.6 is 11.3 Å². The molecule has 3 rings (SSSR count). The number of thiophene rings is 1. The van der Waals surface area contributed by atoms with E-state index in [1.165, 1.54) is 28.4 Å². The van der Waals surface area contributed by atoms with Crippen molar-refractivity contribution < 1.29 is 18.7 Å². The number of hydrogen-bond donors (Lipinski definition) is 0. The Morgan fingerprint density at radius 3 is 2.75 bits per heavy atom. The molecule has 28 heavy (non-hydrogen) atoms. The Bertz CT molecular complexity index is 1070. The summed E-state index contributed by atoms with van der Waals surface area (Å²) < 4.78 is 19.9. The highest BCUT2D eigenvalue weighted by Crippen LogP contribution is 2.30. The maximum atomic E-state index is 13.2. The summed E-state index contributed by atoms with van der Waals surface area (Å²) in [5, 5.41) is 13.8. The standard InChI is InChI=1S/C19H17FN4O3S/c1-12-15-10-16(19(26)27-11-17(25)23(2)9-3-8-21)28-18(15)24(22-12)14-6-4-13(20)5-7-14/h4-7,10H,3,9,11H2,1-2H3. The van der Waals surface area contributed by atoms with Gasteiger partial charge in [0.1, 0.15) is 15.5 Å². The van der Waals surface area contributed by atoms with Crippen LogP contribution < -0.4 is 0 Å². The van der Waals surface area contributed by atoms with Gasteiger partial charge in [-0.1, -0.05) is 0 Å². The van der Waals surface area contributed by atoms with Crippen LogP contribution in [0.25, 0.3) is 15.9 Å². The summed E-state index contributed by atoms with van der Waals surface area (Å²) in [5.74, 6) is -1.32. The quantitative estimate of drug-likeness (QED) is 0.594. The lowest BCUT2D eigenvalue weighted by Gasteiger charge is -2.14. The molecule has 7 nitrogen and oxygen atoms in total. The second-order valence-corrected chi connectivity index (χ2v) is 7.13. The fourth-order valence-electron chi connectivity index (χ4n) is 2.56. The van der Waals surface area contributed by atoms with E-state index in [1.807, 2.05) is 13.0 Å². The van der Waals surface area contributed by atoms with Crippen molar-refractivity contribution in [1.29, 1.82) is 5.26 Å². The van der Waals surface area contributed by atoms with Crippen molar-refractivity contribution in [2.24, 2.45) is 0 Å². The van der Waals surface area contributed by atoms with Gasteiger partial charge >= 0.3 is 5.97 Å². The van der Waals surface area contributed by atoms with Crippen molar-refractivity contribution in [3.05, 3.63) is 46.7 Å². The molecule has 0 radical (unpaired) electrons. The number of benzene rings is 1. The van der Waals surface area contributed by atoms with Crippen LogP contribution in [0.15, 0.2) is 30.3 Å². The number of rotatable bonds is 6. The molecule has 2 heterocycles. The third-order valence-electron chi connectivity index (χ3n) is 4.13. The molecule has 0 aliphatic rings. The molecular weight excluding hydrogens is 383 g/mol. The SMILES string of the molecule is Cc1nn(-c2ccc(F)cc2)c2sc(C(=O)OCC(=O)N(C)CCC#N)cc12. The molecule has 3 aromatic rings. The Hall–Kier alpha value is -3.25. The molecule has 0 unspecified atom stereocenters. The number of fused-ring (bicyclic) bond motifs is 1. The third kappa shape index (κ3) is 4.02. The third-order valence-corrected chi connectivity index (χ3v) is 5.22. The first-order chi connectivity index (χ1) is 13.4. The fourth-order valence-corrected chi connectivity index (χ4v) is 3.63. The highest BCUT2D eigenvalue weighted by Gasteiger charge is 2.19. The van der Waals surface area contributed by atoms with Gasteiger partial charge in [0.2, 0.25) is 0 Å².